The van der Waals surface area contributed by atoms with E-state index in [4.69, 9.17) is 12.2 Å². The van der Waals surface area contributed by atoms with Crippen LogP contribution in [0.5, 0.6) is 0 Å². The van der Waals surface area contributed by atoms with E-state index in [1.165, 1.54) is 17.3 Å². The SMILES string of the molecule is O=C1C(=CN2CC3CC(C2)c2cccc(=O)n2C3)SC(=S)N1CCc1ccccc1. The number of carbonyl (C=O) groups is 1. The normalized spacial score (nSPS) is 24.5. The molecule has 1 aromatic heterocycles. The molecule has 0 spiro atoms. The first-order chi connectivity index (χ1) is 14.6. The number of thiocarbonyl (C=S) groups is 1. The molecule has 1 amide bonds. The maximum Gasteiger partial charge on any atom is 0.267 e. The summed E-state index contributed by atoms with van der Waals surface area (Å²) in [5.41, 5.74) is 2.41. The predicted octanol–water partition coefficient (Wildman–Crippen LogP) is 3.21. The Hall–Kier alpha value is -2.38. The van der Waals surface area contributed by atoms with Crippen LogP contribution in [0.3, 0.4) is 0 Å². The topological polar surface area (TPSA) is 45.6 Å². The van der Waals surface area contributed by atoms with Gasteiger partial charge in [0.15, 0.2) is 0 Å². The van der Waals surface area contributed by atoms with Crippen LogP contribution in [0.1, 0.15) is 23.6 Å². The lowest BCUT2D eigenvalue weighted by atomic mass is 9.83. The summed E-state index contributed by atoms with van der Waals surface area (Å²) in [6, 6.07) is 15.7. The maximum atomic E-state index is 13.0. The molecule has 2 bridgehead atoms. The largest absolute Gasteiger partial charge is 0.375 e. The Kier molecular flexibility index (Phi) is 5.25. The average molecular weight is 438 g/mol. The van der Waals surface area contributed by atoms with Gasteiger partial charge in [-0.25, -0.2) is 0 Å². The number of pyridine rings is 1. The summed E-state index contributed by atoms with van der Waals surface area (Å²) in [5, 5.41) is 0. The van der Waals surface area contributed by atoms with Crippen LogP contribution >= 0.6 is 24.0 Å². The van der Waals surface area contributed by atoms with Gasteiger partial charge in [0.05, 0.1) is 4.91 Å². The van der Waals surface area contributed by atoms with Crippen molar-refractivity contribution in [1.29, 1.82) is 0 Å². The quantitative estimate of drug-likeness (QED) is 0.543. The molecule has 2 unspecified atom stereocenters. The van der Waals surface area contributed by atoms with Crippen molar-refractivity contribution in [2.24, 2.45) is 5.92 Å². The fourth-order valence-corrected chi connectivity index (χ4v) is 6.09. The molecule has 7 heteroatoms. The Labute approximate surface area is 185 Å². The van der Waals surface area contributed by atoms with Crippen molar-refractivity contribution in [2.45, 2.75) is 25.3 Å². The maximum absolute atomic E-state index is 13.0. The lowest BCUT2D eigenvalue weighted by molar-refractivity contribution is -0.122. The highest BCUT2D eigenvalue weighted by molar-refractivity contribution is 8.26. The number of carbonyl (C=O) groups excluding carboxylic acids is 1. The van der Waals surface area contributed by atoms with Crippen molar-refractivity contribution >= 4 is 34.2 Å². The Morgan fingerprint density at radius 2 is 1.87 bits per heavy atom. The van der Waals surface area contributed by atoms with Gasteiger partial charge in [-0.15, -0.1) is 0 Å². The Bertz CT molecular complexity index is 1080. The minimum Gasteiger partial charge on any atom is -0.375 e. The molecule has 0 radical (unpaired) electrons. The Balaban J connectivity index is 1.29. The Morgan fingerprint density at radius 1 is 1.03 bits per heavy atom. The van der Waals surface area contributed by atoms with E-state index in [-0.39, 0.29) is 11.5 Å². The summed E-state index contributed by atoms with van der Waals surface area (Å²) in [7, 11) is 0. The molecule has 1 aromatic carbocycles. The van der Waals surface area contributed by atoms with Crippen molar-refractivity contribution in [3.63, 3.8) is 0 Å². The van der Waals surface area contributed by atoms with Crippen LogP contribution in [0.2, 0.25) is 0 Å². The van der Waals surface area contributed by atoms with Gasteiger partial charge in [0.2, 0.25) is 0 Å². The van der Waals surface area contributed by atoms with Gasteiger partial charge >= 0.3 is 0 Å². The van der Waals surface area contributed by atoms with Crippen LogP contribution in [0.15, 0.2) is 64.4 Å². The van der Waals surface area contributed by atoms with E-state index in [0.29, 0.717) is 27.6 Å². The standard InChI is InChI=1S/C23H23N3O2S2/c27-21-8-4-7-19-18-11-17(13-26(19)21)12-24(14-18)15-20-22(28)25(23(29)30-20)10-9-16-5-2-1-3-6-16/h1-8,15,17-18H,9-14H2. The zero-order chi connectivity index (χ0) is 20.7. The smallest absolute Gasteiger partial charge is 0.267 e. The number of amides is 1. The molecule has 5 nitrogen and oxygen atoms in total. The van der Waals surface area contributed by atoms with E-state index in [1.54, 1.807) is 11.0 Å². The molecular formula is C23H23N3O2S2. The van der Waals surface area contributed by atoms with E-state index in [2.05, 4.69) is 23.1 Å². The van der Waals surface area contributed by atoms with Gasteiger partial charge in [-0.2, -0.15) is 0 Å². The van der Waals surface area contributed by atoms with Gasteiger partial charge in [0.1, 0.15) is 4.32 Å². The zero-order valence-corrected chi connectivity index (χ0v) is 18.2. The van der Waals surface area contributed by atoms with Crippen LogP contribution in [0, 0.1) is 5.92 Å². The monoisotopic (exact) mass is 437 g/mol. The first-order valence-electron chi connectivity index (χ1n) is 10.3. The molecule has 154 valence electrons. The van der Waals surface area contributed by atoms with Gasteiger partial charge in [-0.05, 0) is 30.4 Å². The van der Waals surface area contributed by atoms with Crippen molar-refractivity contribution in [3.8, 4) is 0 Å². The molecule has 5 rings (SSSR count). The third kappa shape index (κ3) is 3.72. The number of rotatable bonds is 4. The highest BCUT2D eigenvalue weighted by Crippen LogP contribution is 2.37. The van der Waals surface area contributed by atoms with Crippen LogP contribution in [0.4, 0.5) is 0 Å². The van der Waals surface area contributed by atoms with Crippen molar-refractivity contribution in [3.05, 3.63) is 81.2 Å². The van der Waals surface area contributed by atoms with Crippen molar-refractivity contribution < 1.29 is 4.79 Å². The van der Waals surface area contributed by atoms with Gasteiger partial charge in [0.25, 0.3) is 11.5 Å². The fraction of sp³-hybridized carbons (Fsp3) is 0.348. The number of nitrogens with zero attached hydrogens (tertiary/aromatic N) is 3. The number of aromatic nitrogens is 1. The second-order valence-electron chi connectivity index (χ2n) is 8.21. The minimum absolute atomic E-state index is 0.00767. The summed E-state index contributed by atoms with van der Waals surface area (Å²) in [6.07, 6.45) is 3.89. The highest BCUT2D eigenvalue weighted by atomic mass is 32.2. The van der Waals surface area contributed by atoms with Gasteiger partial charge in [-0.1, -0.05) is 60.4 Å². The van der Waals surface area contributed by atoms with E-state index in [0.717, 1.165) is 38.2 Å². The first-order valence-corrected chi connectivity index (χ1v) is 11.5. The first kappa shape index (κ1) is 19.6. The number of fused-ring (bicyclic) bond motifs is 4. The van der Waals surface area contributed by atoms with E-state index >= 15 is 0 Å². The van der Waals surface area contributed by atoms with E-state index in [1.807, 2.05) is 35.0 Å². The number of likely N-dealkylation sites (tertiary alicyclic amines) is 1. The summed E-state index contributed by atoms with van der Waals surface area (Å²) in [6.45, 7) is 3.06. The van der Waals surface area contributed by atoms with Crippen LogP contribution in [-0.2, 0) is 17.8 Å². The van der Waals surface area contributed by atoms with Crippen LogP contribution in [0.25, 0.3) is 0 Å². The second-order valence-corrected chi connectivity index (χ2v) is 9.88. The number of benzene rings is 1. The summed E-state index contributed by atoms with van der Waals surface area (Å²) >= 11 is 6.89. The molecule has 4 heterocycles. The Morgan fingerprint density at radius 3 is 2.70 bits per heavy atom. The molecule has 2 fully saturated rings. The van der Waals surface area contributed by atoms with Crippen LogP contribution < -0.4 is 5.56 Å². The lowest BCUT2D eigenvalue weighted by Crippen LogP contribution is -2.45. The van der Waals surface area contributed by atoms with Crippen molar-refractivity contribution in [2.75, 3.05) is 19.6 Å². The number of thioether (sulfide) groups is 1. The molecule has 3 aliphatic heterocycles. The highest BCUT2D eigenvalue weighted by Gasteiger charge is 2.36. The fourth-order valence-electron chi connectivity index (χ4n) is 4.77. The molecule has 0 aliphatic carbocycles. The molecule has 30 heavy (non-hydrogen) atoms. The van der Waals surface area contributed by atoms with E-state index in [9.17, 15) is 9.59 Å². The molecule has 0 N–H and O–H groups in total. The molecule has 3 aliphatic rings. The summed E-state index contributed by atoms with van der Waals surface area (Å²) < 4.78 is 2.57. The zero-order valence-electron chi connectivity index (χ0n) is 16.6. The summed E-state index contributed by atoms with van der Waals surface area (Å²) in [4.78, 5) is 29.9. The average Bonchev–Trinajstić information content (AvgIpc) is 3.00. The number of hydrogen-bond acceptors (Lipinski definition) is 5. The molecular weight excluding hydrogens is 414 g/mol. The number of piperidine rings is 1. The van der Waals surface area contributed by atoms with Gasteiger partial charge < -0.3 is 9.47 Å². The van der Waals surface area contributed by atoms with Gasteiger partial charge in [0, 0.05) is 50.1 Å². The van der Waals surface area contributed by atoms with Crippen LogP contribution in [-0.4, -0.2) is 44.2 Å². The predicted molar refractivity (Wildman–Crippen MR) is 123 cm³/mol. The van der Waals surface area contributed by atoms with Crippen molar-refractivity contribution in [1.82, 2.24) is 14.4 Å². The third-order valence-electron chi connectivity index (χ3n) is 6.15. The van der Waals surface area contributed by atoms with Gasteiger partial charge in [-0.3, -0.25) is 14.5 Å². The summed E-state index contributed by atoms with van der Waals surface area (Å²) in [5.74, 6) is 0.759. The minimum atomic E-state index is 0.00767. The van der Waals surface area contributed by atoms with E-state index < -0.39 is 0 Å². The third-order valence-corrected chi connectivity index (χ3v) is 7.51. The second kappa shape index (κ2) is 8.04. The number of hydrogen-bond donors (Lipinski definition) is 0. The molecule has 2 saturated heterocycles. The molecule has 2 atom stereocenters. The molecule has 2 aromatic rings. The molecule has 0 saturated carbocycles. The lowest BCUT2D eigenvalue weighted by Gasteiger charge is -2.42.